The molecule has 18 heavy (non-hydrogen) atoms. The number of sulfonamides is 1. The molecule has 0 spiro atoms. The van der Waals surface area contributed by atoms with E-state index in [1.807, 2.05) is 20.8 Å². The number of anilines is 1. The third-order valence-corrected chi connectivity index (χ3v) is 4.71. The van der Waals surface area contributed by atoms with Gasteiger partial charge in [0.1, 0.15) is 4.90 Å². The maximum absolute atomic E-state index is 12.4. The van der Waals surface area contributed by atoms with Crippen LogP contribution in [-0.4, -0.2) is 14.0 Å². The molecule has 1 aromatic rings. The van der Waals surface area contributed by atoms with Crippen molar-refractivity contribution in [1.82, 2.24) is 4.72 Å². The van der Waals surface area contributed by atoms with Crippen LogP contribution in [0.4, 0.5) is 5.69 Å². The third-order valence-electron chi connectivity index (χ3n) is 2.80. The molecule has 5 heteroatoms. The Balaban J connectivity index is 3.15. The van der Waals surface area contributed by atoms with Crippen molar-refractivity contribution >= 4 is 15.7 Å². The van der Waals surface area contributed by atoms with Gasteiger partial charge in [0, 0.05) is 5.54 Å². The molecule has 0 saturated heterocycles. The first-order chi connectivity index (χ1) is 8.19. The number of nitrogens with two attached hydrogens (primary N) is 1. The molecule has 102 valence electrons. The van der Waals surface area contributed by atoms with Crippen LogP contribution in [0.15, 0.2) is 23.1 Å². The van der Waals surface area contributed by atoms with Crippen molar-refractivity contribution in [2.75, 3.05) is 5.73 Å². The fraction of sp³-hybridized carbons (Fsp3) is 0.538. The van der Waals surface area contributed by atoms with E-state index < -0.39 is 15.6 Å². The molecule has 3 N–H and O–H groups in total. The molecule has 0 bridgehead atoms. The lowest BCUT2D eigenvalue weighted by Gasteiger charge is -2.26. The lowest BCUT2D eigenvalue weighted by Crippen LogP contribution is -2.43. The summed E-state index contributed by atoms with van der Waals surface area (Å²) in [5, 5.41) is 0. The summed E-state index contributed by atoms with van der Waals surface area (Å²) in [5.41, 5.74) is 6.26. The highest BCUT2D eigenvalue weighted by Crippen LogP contribution is 2.24. The smallest absolute Gasteiger partial charge is 0.243 e. The van der Waals surface area contributed by atoms with Gasteiger partial charge in [0.25, 0.3) is 0 Å². The molecule has 0 fully saturated rings. The van der Waals surface area contributed by atoms with Crippen LogP contribution in [0.1, 0.15) is 39.2 Å². The summed E-state index contributed by atoms with van der Waals surface area (Å²) < 4.78 is 27.5. The van der Waals surface area contributed by atoms with Crippen LogP contribution in [0.25, 0.3) is 0 Å². The van der Waals surface area contributed by atoms with Crippen molar-refractivity contribution in [2.24, 2.45) is 0 Å². The molecule has 0 saturated carbocycles. The standard InChI is InChI=1S/C13H22N2O2S/c1-5-9-13(3,4)15-18(16,17)12-10(2)7-6-8-11(12)14/h6-8,15H,5,9,14H2,1-4H3. The largest absolute Gasteiger partial charge is 0.398 e. The van der Waals surface area contributed by atoms with Gasteiger partial charge in [0.2, 0.25) is 10.0 Å². The summed E-state index contributed by atoms with van der Waals surface area (Å²) in [6, 6.07) is 5.10. The Hall–Kier alpha value is -1.07. The van der Waals surface area contributed by atoms with Crippen LogP contribution in [0.2, 0.25) is 0 Å². The van der Waals surface area contributed by atoms with E-state index in [2.05, 4.69) is 4.72 Å². The maximum atomic E-state index is 12.4. The van der Waals surface area contributed by atoms with Crippen LogP contribution in [0.3, 0.4) is 0 Å². The lowest BCUT2D eigenvalue weighted by atomic mass is 10.0. The number of hydrogen-bond acceptors (Lipinski definition) is 3. The van der Waals surface area contributed by atoms with E-state index in [0.717, 1.165) is 12.8 Å². The molecule has 0 heterocycles. The molecule has 0 unspecified atom stereocenters. The second-order valence-electron chi connectivity index (χ2n) is 5.23. The predicted octanol–water partition coefficient (Wildman–Crippen LogP) is 2.43. The van der Waals surface area contributed by atoms with Crippen LogP contribution in [0.5, 0.6) is 0 Å². The molecule has 0 aliphatic carbocycles. The average molecular weight is 270 g/mol. The van der Waals surface area contributed by atoms with Gasteiger partial charge in [-0.1, -0.05) is 25.5 Å². The van der Waals surface area contributed by atoms with Gasteiger partial charge in [-0.25, -0.2) is 13.1 Å². The van der Waals surface area contributed by atoms with E-state index in [9.17, 15) is 8.42 Å². The summed E-state index contributed by atoms with van der Waals surface area (Å²) in [6.45, 7) is 7.53. The Morgan fingerprint density at radius 3 is 2.44 bits per heavy atom. The summed E-state index contributed by atoms with van der Waals surface area (Å²) in [6.07, 6.45) is 1.69. The van der Waals surface area contributed by atoms with Gasteiger partial charge in [-0.15, -0.1) is 0 Å². The lowest BCUT2D eigenvalue weighted by molar-refractivity contribution is 0.418. The monoisotopic (exact) mass is 270 g/mol. The minimum Gasteiger partial charge on any atom is -0.398 e. The summed E-state index contributed by atoms with van der Waals surface area (Å²) in [5.74, 6) is 0. The van der Waals surface area contributed by atoms with E-state index in [4.69, 9.17) is 5.73 Å². The molecule has 1 aromatic carbocycles. The van der Waals surface area contributed by atoms with Gasteiger partial charge in [-0.05, 0) is 38.8 Å². The van der Waals surface area contributed by atoms with Crippen molar-refractivity contribution in [3.8, 4) is 0 Å². The molecule has 0 amide bonds. The summed E-state index contributed by atoms with van der Waals surface area (Å²) >= 11 is 0. The second kappa shape index (κ2) is 5.28. The van der Waals surface area contributed by atoms with Crippen LogP contribution >= 0.6 is 0 Å². The van der Waals surface area contributed by atoms with Gasteiger partial charge >= 0.3 is 0 Å². The van der Waals surface area contributed by atoms with Gasteiger partial charge in [0.05, 0.1) is 5.69 Å². The average Bonchev–Trinajstić information content (AvgIpc) is 2.13. The van der Waals surface area contributed by atoms with Crippen LogP contribution in [-0.2, 0) is 10.0 Å². The Morgan fingerprint density at radius 2 is 1.94 bits per heavy atom. The molecular formula is C13H22N2O2S. The summed E-state index contributed by atoms with van der Waals surface area (Å²) in [7, 11) is -3.58. The van der Waals surface area contributed by atoms with Crippen molar-refractivity contribution in [3.63, 3.8) is 0 Å². The van der Waals surface area contributed by atoms with E-state index in [1.54, 1.807) is 25.1 Å². The number of nitrogen functional groups attached to an aromatic ring is 1. The first kappa shape index (κ1) is 15.0. The van der Waals surface area contributed by atoms with E-state index in [1.165, 1.54) is 0 Å². The molecule has 0 aliphatic heterocycles. The highest BCUT2D eigenvalue weighted by molar-refractivity contribution is 7.89. The Morgan fingerprint density at radius 1 is 1.33 bits per heavy atom. The fourth-order valence-corrected chi connectivity index (χ4v) is 3.93. The minimum absolute atomic E-state index is 0.189. The molecule has 0 atom stereocenters. The van der Waals surface area contributed by atoms with Gasteiger partial charge in [0.15, 0.2) is 0 Å². The molecular weight excluding hydrogens is 248 g/mol. The zero-order valence-corrected chi connectivity index (χ0v) is 12.3. The molecule has 1 rings (SSSR count). The molecule has 0 aromatic heterocycles. The van der Waals surface area contributed by atoms with E-state index >= 15 is 0 Å². The number of hydrogen-bond donors (Lipinski definition) is 2. The molecule has 0 radical (unpaired) electrons. The Kier molecular flexibility index (Phi) is 4.40. The molecule has 0 aliphatic rings. The third kappa shape index (κ3) is 3.46. The quantitative estimate of drug-likeness (QED) is 0.807. The fourth-order valence-electron chi connectivity index (χ4n) is 2.13. The number of aryl methyl sites for hydroxylation is 1. The summed E-state index contributed by atoms with van der Waals surface area (Å²) in [4.78, 5) is 0.189. The van der Waals surface area contributed by atoms with Crippen molar-refractivity contribution in [3.05, 3.63) is 23.8 Å². The number of rotatable bonds is 5. The predicted molar refractivity (Wildman–Crippen MR) is 74.9 cm³/mol. The van der Waals surface area contributed by atoms with Crippen LogP contribution < -0.4 is 10.5 Å². The topological polar surface area (TPSA) is 72.2 Å². The van der Waals surface area contributed by atoms with E-state index in [-0.39, 0.29) is 10.6 Å². The van der Waals surface area contributed by atoms with Crippen molar-refractivity contribution in [2.45, 2.75) is 51.0 Å². The first-order valence-electron chi connectivity index (χ1n) is 6.08. The van der Waals surface area contributed by atoms with E-state index in [0.29, 0.717) is 5.56 Å². The van der Waals surface area contributed by atoms with Gasteiger partial charge in [-0.3, -0.25) is 0 Å². The van der Waals surface area contributed by atoms with Gasteiger partial charge in [-0.2, -0.15) is 0 Å². The van der Waals surface area contributed by atoms with Gasteiger partial charge < -0.3 is 5.73 Å². The highest BCUT2D eigenvalue weighted by atomic mass is 32.2. The van der Waals surface area contributed by atoms with Crippen LogP contribution in [0, 0.1) is 6.92 Å². The minimum atomic E-state index is -3.58. The Labute approximate surface area is 110 Å². The van der Waals surface area contributed by atoms with Crippen molar-refractivity contribution in [1.29, 1.82) is 0 Å². The normalized spacial score (nSPS) is 12.7. The zero-order chi connectivity index (χ0) is 14.0. The van der Waals surface area contributed by atoms with Crippen molar-refractivity contribution < 1.29 is 8.42 Å². The number of benzene rings is 1. The molecule has 4 nitrogen and oxygen atoms in total. The Bertz CT molecular complexity index is 502. The number of nitrogens with one attached hydrogen (secondary N) is 1. The zero-order valence-electron chi connectivity index (χ0n) is 11.4. The first-order valence-corrected chi connectivity index (χ1v) is 7.57. The SMILES string of the molecule is CCCC(C)(C)NS(=O)(=O)c1c(C)cccc1N. The second-order valence-corrected chi connectivity index (χ2v) is 6.85. The maximum Gasteiger partial charge on any atom is 0.243 e. The highest BCUT2D eigenvalue weighted by Gasteiger charge is 2.27.